The molecule has 224 valence electrons. The summed E-state index contributed by atoms with van der Waals surface area (Å²) in [6.45, 7) is 0.719. The molecular formula is C26H33ClN3O10P. The molecule has 41 heavy (non-hydrogen) atoms. The number of hydrogen-bond acceptors (Lipinski definition) is 10. The minimum Gasteiger partial charge on any atom is -0.461 e. The number of aromatic nitrogens is 2. The Kier molecular flexibility index (Phi) is 11.3. The lowest BCUT2D eigenvalue weighted by Gasteiger charge is -2.34. The normalized spacial score (nSPS) is 19.1. The number of methoxy groups -OCH3 is 1. The van der Waals surface area contributed by atoms with Gasteiger partial charge in [0.1, 0.15) is 30.1 Å². The van der Waals surface area contributed by atoms with Crippen LogP contribution in [0.25, 0.3) is 0 Å². The average molecular weight is 614 g/mol. The number of aliphatic hydroxyl groups excluding tert-OH is 1. The molecule has 2 aromatic rings. The van der Waals surface area contributed by atoms with Gasteiger partial charge in [-0.15, -0.1) is 6.42 Å². The van der Waals surface area contributed by atoms with Crippen molar-refractivity contribution in [3.63, 3.8) is 0 Å². The van der Waals surface area contributed by atoms with Crippen molar-refractivity contribution in [2.24, 2.45) is 0 Å². The topological polar surface area (TPSA) is 178 Å². The van der Waals surface area contributed by atoms with E-state index in [2.05, 4.69) is 5.09 Å². The maximum Gasteiger partial charge on any atom is 0.459 e. The Morgan fingerprint density at radius 3 is 2.51 bits per heavy atom. The molecule has 0 bridgehead atoms. The zero-order valence-corrected chi connectivity index (χ0v) is 24.2. The minimum atomic E-state index is -4.41. The first kappa shape index (κ1) is 32.6. The number of aliphatic hydroxyl groups is 2. The third-order valence-corrected chi connectivity index (χ3v) is 8.35. The van der Waals surface area contributed by atoms with Crippen molar-refractivity contribution in [3.05, 3.63) is 62.4 Å². The summed E-state index contributed by atoms with van der Waals surface area (Å²) in [5, 5.41) is 24.9. The van der Waals surface area contributed by atoms with Crippen LogP contribution >= 0.6 is 19.3 Å². The fourth-order valence-corrected chi connectivity index (χ4v) is 5.79. The van der Waals surface area contributed by atoms with Crippen LogP contribution in [-0.4, -0.2) is 63.8 Å². The Labute approximate surface area is 241 Å². The van der Waals surface area contributed by atoms with E-state index in [0.717, 1.165) is 51.5 Å². The molecule has 0 spiro atoms. The highest BCUT2D eigenvalue weighted by molar-refractivity contribution is 7.52. The zero-order chi connectivity index (χ0) is 30.2. The van der Waals surface area contributed by atoms with Gasteiger partial charge in [0.05, 0.1) is 6.61 Å². The molecular weight excluding hydrogens is 581 g/mol. The van der Waals surface area contributed by atoms with Crippen LogP contribution in [-0.2, 0) is 29.1 Å². The standard InChI is InChI=1S/C26H33ClN3O10P/c1-4-26(35,30-15-14-22(31)28-25(30)34)23(32)21(37-3)16-38-41(36,40-20-12-10-18(27)11-13-20)29-17(2)24(33)39-19-8-6-5-7-9-19/h1,10-15,17,19,21,23,32,35H,5-9,16H2,2-3H3,(H,29,36)(H,28,31,34)/t17-,21+,23+,26+,41?/m0/s1. The van der Waals surface area contributed by atoms with Crippen LogP contribution in [0.4, 0.5) is 0 Å². The number of halogens is 1. The number of carbonyl (C=O) groups excluding carboxylic acids is 1. The number of ether oxygens (including phenoxy) is 2. The van der Waals surface area contributed by atoms with E-state index in [9.17, 15) is 29.2 Å². The molecule has 0 aliphatic heterocycles. The lowest BCUT2D eigenvalue weighted by molar-refractivity contribution is -0.155. The molecule has 0 saturated heterocycles. The Bertz CT molecular complexity index is 1390. The predicted octanol–water partition coefficient (Wildman–Crippen LogP) is 1.90. The van der Waals surface area contributed by atoms with Gasteiger partial charge < -0.3 is 24.2 Å². The van der Waals surface area contributed by atoms with Crippen LogP contribution in [0.3, 0.4) is 0 Å². The Morgan fingerprint density at radius 1 is 1.27 bits per heavy atom. The van der Waals surface area contributed by atoms with E-state index in [1.54, 1.807) is 0 Å². The minimum absolute atomic E-state index is 0.0764. The first-order chi connectivity index (χ1) is 19.4. The van der Waals surface area contributed by atoms with Crippen molar-refractivity contribution in [1.82, 2.24) is 14.6 Å². The first-order valence-electron chi connectivity index (χ1n) is 12.8. The molecule has 1 saturated carbocycles. The monoisotopic (exact) mass is 613 g/mol. The van der Waals surface area contributed by atoms with E-state index in [4.69, 9.17) is 36.5 Å². The molecule has 5 atom stereocenters. The molecule has 15 heteroatoms. The second-order valence-corrected chi connectivity index (χ2v) is 11.6. The van der Waals surface area contributed by atoms with Gasteiger partial charge in [0, 0.05) is 24.4 Å². The van der Waals surface area contributed by atoms with E-state index < -0.39 is 55.5 Å². The number of nitrogens with one attached hydrogen (secondary N) is 2. The largest absolute Gasteiger partial charge is 0.461 e. The number of aromatic amines is 1. The number of nitrogens with zero attached hydrogens (tertiary/aromatic N) is 1. The molecule has 1 aliphatic rings. The van der Waals surface area contributed by atoms with E-state index in [-0.39, 0.29) is 11.9 Å². The lowest BCUT2D eigenvalue weighted by atomic mass is 9.98. The van der Waals surface area contributed by atoms with E-state index in [0.29, 0.717) is 9.59 Å². The number of H-pyrrole nitrogens is 1. The summed E-state index contributed by atoms with van der Waals surface area (Å²) < 4.78 is 36.3. The van der Waals surface area contributed by atoms with Crippen molar-refractivity contribution in [3.8, 4) is 18.1 Å². The van der Waals surface area contributed by atoms with Crippen molar-refractivity contribution in [1.29, 1.82) is 0 Å². The van der Waals surface area contributed by atoms with Gasteiger partial charge in [0.15, 0.2) is 0 Å². The van der Waals surface area contributed by atoms with Crippen LogP contribution in [0.2, 0.25) is 5.02 Å². The van der Waals surface area contributed by atoms with Gasteiger partial charge in [-0.25, -0.2) is 9.36 Å². The molecule has 1 fully saturated rings. The SMILES string of the molecule is C#C[C@@](O)([C@H](O)[C@@H](COP(=O)(N[C@@H](C)C(=O)OC1CCCCC1)Oc1ccc(Cl)cc1)OC)n1ccc(=O)[nH]c1=O. The lowest BCUT2D eigenvalue weighted by Crippen LogP contribution is -2.56. The van der Waals surface area contributed by atoms with Crippen molar-refractivity contribution in [2.45, 2.75) is 69.1 Å². The summed E-state index contributed by atoms with van der Waals surface area (Å²) in [7, 11) is -3.26. The highest BCUT2D eigenvalue weighted by Crippen LogP contribution is 2.45. The summed E-state index contributed by atoms with van der Waals surface area (Å²) in [5.41, 5.74) is -4.57. The third-order valence-electron chi connectivity index (χ3n) is 6.46. The van der Waals surface area contributed by atoms with Gasteiger partial charge >= 0.3 is 19.4 Å². The zero-order valence-electron chi connectivity index (χ0n) is 22.5. The first-order valence-corrected chi connectivity index (χ1v) is 14.7. The summed E-state index contributed by atoms with van der Waals surface area (Å²) in [6.07, 6.45) is 6.98. The Hall–Kier alpha value is -2.95. The molecule has 0 amide bonds. The molecule has 1 aromatic heterocycles. The summed E-state index contributed by atoms with van der Waals surface area (Å²) in [4.78, 5) is 38.4. The molecule has 1 aliphatic carbocycles. The van der Waals surface area contributed by atoms with Gasteiger partial charge in [-0.05, 0) is 62.8 Å². The number of rotatable bonds is 13. The van der Waals surface area contributed by atoms with Gasteiger partial charge in [-0.1, -0.05) is 18.0 Å². The Morgan fingerprint density at radius 2 is 1.93 bits per heavy atom. The second kappa shape index (κ2) is 14.3. The molecule has 0 radical (unpaired) electrons. The fourth-order valence-electron chi connectivity index (χ4n) is 4.17. The highest BCUT2D eigenvalue weighted by Gasteiger charge is 2.44. The second-order valence-electron chi connectivity index (χ2n) is 9.46. The summed E-state index contributed by atoms with van der Waals surface area (Å²) >= 11 is 5.92. The van der Waals surface area contributed by atoms with E-state index >= 15 is 0 Å². The van der Waals surface area contributed by atoms with Crippen LogP contribution in [0.15, 0.2) is 46.1 Å². The third kappa shape index (κ3) is 8.53. The van der Waals surface area contributed by atoms with E-state index in [1.807, 2.05) is 10.9 Å². The highest BCUT2D eigenvalue weighted by atomic mass is 35.5. The number of terminal acetylenes is 1. The van der Waals surface area contributed by atoms with Gasteiger partial charge in [0.2, 0.25) is 5.72 Å². The van der Waals surface area contributed by atoms with Crippen LogP contribution in [0.5, 0.6) is 5.75 Å². The molecule has 1 unspecified atom stereocenters. The van der Waals surface area contributed by atoms with Crippen LogP contribution in [0, 0.1) is 12.3 Å². The van der Waals surface area contributed by atoms with Gasteiger partial charge in [-0.3, -0.25) is 23.7 Å². The number of benzene rings is 1. The summed E-state index contributed by atoms with van der Waals surface area (Å²) in [5.74, 6) is 1.33. The van der Waals surface area contributed by atoms with Crippen molar-refractivity contribution < 1.29 is 38.1 Å². The van der Waals surface area contributed by atoms with Gasteiger partial charge in [-0.2, -0.15) is 5.09 Å². The predicted molar refractivity (Wildman–Crippen MR) is 148 cm³/mol. The molecule has 4 N–H and O–H groups in total. The van der Waals surface area contributed by atoms with Crippen LogP contribution < -0.4 is 20.9 Å². The Balaban J connectivity index is 1.81. The smallest absolute Gasteiger partial charge is 0.459 e. The number of carbonyl (C=O) groups is 1. The number of hydrogen-bond donors (Lipinski definition) is 4. The molecule has 1 aromatic carbocycles. The van der Waals surface area contributed by atoms with E-state index in [1.165, 1.54) is 31.2 Å². The summed E-state index contributed by atoms with van der Waals surface area (Å²) in [6, 6.07) is 5.60. The molecule has 1 heterocycles. The maximum absolute atomic E-state index is 13.9. The molecule has 3 rings (SSSR count). The quantitative estimate of drug-likeness (QED) is 0.147. The van der Waals surface area contributed by atoms with Gasteiger partial charge in [0.25, 0.3) is 5.56 Å². The van der Waals surface area contributed by atoms with Crippen LogP contribution in [0.1, 0.15) is 39.0 Å². The van der Waals surface area contributed by atoms with Crippen molar-refractivity contribution >= 4 is 25.3 Å². The van der Waals surface area contributed by atoms with Crippen molar-refractivity contribution in [2.75, 3.05) is 13.7 Å². The molecule has 13 nitrogen and oxygen atoms in total. The average Bonchev–Trinajstić information content (AvgIpc) is 2.94. The number of esters is 1. The maximum atomic E-state index is 13.9. The fraction of sp³-hybridized carbons (Fsp3) is 0.500.